The molecule has 2 aromatic rings. The molecule has 0 radical (unpaired) electrons. The van der Waals surface area contributed by atoms with Crippen LogP contribution in [0.5, 0.6) is 5.75 Å². The predicted octanol–water partition coefficient (Wildman–Crippen LogP) is 4.88. The lowest BCUT2D eigenvalue weighted by atomic mass is 9.97. The van der Waals surface area contributed by atoms with E-state index < -0.39 is 0 Å². The molecular weight excluding hydrogens is 370 g/mol. The average Bonchev–Trinajstić information content (AvgIpc) is 2.91. The third kappa shape index (κ3) is 4.68. The largest absolute Gasteiger partial charge is 0.508 e. The van der Waals surface area contributed by atoms with E-state index in [1.165, 1.54) is 28.8 Å². The van der Waals surface area contributed by atoms with E-state index in [2.05, 4.69) is 17.9 Å². The van der Waals surface area contributed by atoms with Gasteiger partial charge in [0.1, 0.15) is 9.57 Å². The lowest BCUT2D eigenvalue weighted by molar-refractivity contribution is 0.111. The van der Waals surface area contributed by atoms with E-state index in [1.807, 2.05) is 12.1 Å². The molecule has 1 aromatic heterocycles. The number of aromatic hydroxyl groups is 1. The Bertz CT molecular complexity index is 766. The zero-order chi connectivity index (χ0) is 17.8. The second-order valence-electron chi connectivity index (χ2n) is 6.76. The Kier molecular flexibility index (Phi) is 6.63. The summed E-state index contributed by atoms with van der Waals surface area (Å²) in [6.45, 7) is 4.14. The van der Waals surface area contributed by atoms with Gasteiger partial charge < -0.3 is 10.2 Å². The van der Waals surface area contributed by atoms with Gasteiger partial charge in [-0.05, 0) is 49.9 Å². The van der Waals surface area contributed by atoms with Crippen LogP contribution in [0.15, 0.2) is 18.2 Å². The van der Waals surface area contributed by atoms with E-state index in [1.54, 1.807) is 20.7 Å². The van der Waals surface area contributed by atoms with Gasteiger partial charge in [-0.1, -0.05) is 51.5 Å². The van der Waals surface area contributed by atoms with Gasteiger partial charge in [0.2, 0.25) is 0 Å². The van der Waals surface area contributed by atoms with Crippen LogP contribution in [0.25, 0.3) is 0 Å². The maximum atomic E-state index is 10.3. The summed E-state index contributed by atoms with van der Waals surface area (Å²) in [7, 11) is 3.42. The summed E-state index contributed by atoms with van der Waals surface area (Å²) in [6.07, 6.45) is 5.20. The lowest BCUT2D eigenvalue weighted by Crippen LogP contribution is -2.39. The van der Waals surface area contributed by atoms with Gasteiger partial charge in [-0.2, -0.15) is 0 Å². The van der Waals surface area contributed by atoms with Crippen LogP contribution in [-0.4, -0.2) is 34.3 Å². The molecule has 3 rings (SSSR count). The van der Waals surface area contributed by atoms with Gasteiger partial charge in [-0.3, -0.25) is 4.90 Å². The molecule has 3 nitrogen and oxygen atoms in total. The number of aryl methyl sites for hydroxylation is 1. The van der Waals surface area contributed by atoms with Gasteiger partial charge in [-0.25, -0.2) is 0 Å². The monoisotopic (exact) mass is 395 g/mol. The molecule has 1 unspecified atom stereocenters. The summed E-state index contributed by atoms with van der Waals surface area (Å²) >= 11 is 5.45. The standard InChI is InChI=1S/C19H25NO2S3/c1-13-17(19(23)25-24-13)11-14-5-6-18(22)15(10-14)12-20-8-3-2-4-16(20)7-9-21/h5-6,10,16,21-22H,2-4,7-9,11-12H2,1H3. The Morgan fingerprint density at radius 3 is 2.84 bits per heavy atom. The number of hydrogen-bond acceptors (Lipinski definition) is 6. The Labute approximate surface area is 162 Å². The fraction of sp³-hybridized carbons (Fsp3) is 0.526. The number of phenols is 1. The molecule has 25 heavy (non-hydrogen) atoms. The first-order valence-corrected chi connectivity index (χ1v) is 11.4. The van der Waals surface area contributed by atoms with Gasteiger partial charge >= 0.3 is 0 Å². The van der Waals surface area contributed by atoms with Gasteiger partial charge in [0.05, 0.1) is 0 Å². The van der Waals surface area contributed by atoms with Crippen LogP contribution in [0.4, 0.5) is 0 Å². The zero-order valence-corrected chi connectivity index (χ0v) is 17.0. The first kappa shape index (κ1) is 19.0. The second-order valence-corrected chi connectivity index (χ2v) is 9.78. The quantitative estimate of drug-likeness (QED) is 0.540. The van der Waals surface area contributed by atoms with Crippen molar-refractivity contribution in [2.75, 3.05) is 13.2 Å². The molecule has 1 fully saturated rings. The van der Waals surface area contributed by atoms with Crippen LogP contribution in [-0.2, 0) is 13.0 Å². The molecule has 0 aliphatic carbocycles. The van der Waals surface area contributed by atoms with Crippen molar-refractivity contribution in [3.63, 3.8) is 0 Å². The van der Waals surface area contributed by atoms with Gasteiger partial charge in [0.25, 0.3) is 0 Å². The highest BCUT2D eigenvalue weighted by molar-refractivity contribution is 7.79. The molecule has 2 heterocycles. The molecule has 1 saturated heterocycles. The highest BCUT2D eigenvalue weighted by Crippen LogP contribution is 2.29. The summed E-state index contributed by atoms with van der Waals surface area (Å²) < 4.78 is 0.983. The van der Waals surface area contributed by atoms with Gasteiger partial charge in [0.15, 0.2) is 0 Å². The first-order chi connectivity index (χ1) is 12.1. The number of aliphatic hydroxyl groups excluding tert-OH is 1. The number of piperidine rings is 1. The van der Waals surface area contributed by atoms with E-state index >= 15 is 0 Å². The van der Waals surface area contributed by atoms with Crippen LogP contribution in [0.3, 0.4) is 0 Å². The minimum Gasteiger partial charge on any atom is -0.508 e. The molecule has 2 N–H and O–H groups in total. The molecule has 0 saturated carbocycles. The first-order valence-electron chi connectivity index (χ1n) is 8.82. The van der Waals surface area contributed by atoms with Crippen molar-refractivity contribution in [1.82, 2.24) is 4.90 Å². The van der Waals surface area contributed by atoms with Gasteiger partial charge in [0, 0.05) is 36.1 Å². The SMILES string of the molecule is Cc1ssc(=S)c1Cc1ccc(O)c(CN2CCCCC2CCO)c1. The van der Waals surface area contributed by atoms with Crippen molar-refractivity contribution < 1.29 is 10.2 Å². The number of phenolic OH excluding ortho intramolecular Hbond substituents is 1. The predicted molar refractivity (Wildman–Crippen MR) is 108 cm³/mol. The Balaban J connectivity index is 1.78. The summed E-state index contributed by atoms with van der Waals surface area (Å²) in [5.74, 6) is 0.362. The number of hydrogen-bond donors (Lipinski definition) is 2. The minimum atomic E-state index is 0.230. The Morgan fingerprint density at radius 1 is 1.28 bits per heavy atom. The number of aliphatic hydroxyl groups is 1. The summed E-state index contributed by atoms with van der Waals surface area (Å²) in [6, 6.07) is 6.35. The van der Waals surface area contributed by atoms with Crippen molar-refractivity contribution in [2.45, 2.75) is 51.6 Å². The maximum Gasteiger partial charge on any atom is 0.120 e. The lowest BCUT2D eigenvalue weighted by Gasteiger charge is -2.35. The van der Waals surface area contributed by atoms with E-state index in [9.17, 15) is 10.2 Å². The number of nitrogens with zero attached hydrogens (tertiary/aromatic N) is 1. The van der Waals surface area contributed by atoms with Crippen molar-refractivity contribution in [3.05, 3.63) is 43.6 Å². The molecule has 1 atom stereocenters. The minimum absolute atomic E-state index is 0.230. The molecular formula is C19H25NO2S3. The zero-order valence-electron chi connectivity index (χ0n) is 14.5. The van der Waals surface area contributed by atoms with Crippen LogP contribution in [0.1, 0.15) is 47.3 Å². The summed E-state index contributed by atoms with van der Waals surface area (Å²) in [4.78, 5) is 3.71. The topological polar surface area (TPSA) is 43.7 Å². The third-order valence-electron chi connectivity index (χ3n) is 5.02. The molecule has 1 aliphatic rings. The molecule has 1 aliphatic heterocycles. The normalized spacial score (nSPS) is 18.6. The molecule has 0 spiro atoms. The van der Waals surface area contributed by atoms with E-state index in [-0.39, 0.29) is 6.61 Å². The van der Waals surface area contributed by atoms with Crippen LogP contribution < -0.4 is 0 Å². The Hall–Kier alpha value is -0.790. The van der Waals surface area contributed by atoms with Crippen molar-refractivity contribution in [1.29, 1.82) is 0 Å². The summed E-state index contributed by atoms with van der Waals surface area (Å²) in [5.41, 5.74) is 3.42. The van der Waals surface area contributed by atoms with E-state index in [0.29, 0.717) is 11.8 Å². The molecule has 6 heteroatoms. The Morgan fingerprint density at radius 2 is 2.12 bits per heavy atom. The second kappa shape index (κ2) is 8.73. The highest BCUT2D eigenvalue weighted by atomic mass is 32.9. The molecule has 0 amide bonds. The number of likely N-dealkylation sites (tertiary alicyclic amines) is 1. The van der Waals surface area contributed by atoms with Crippen LogP contribution >= 0.6 is 32.9 Å². The highest BCUT2D eigenvalue weighted by Gasteiger charge is 2.22. The third-order valence-corrected chi connectivity index (χ3v) is 8.31. The fourth-order valence-corrected chi connectivity index (χ4v) is 6.25. The van der Waals surface area contributed by atoms with Crippen LogP contribution in [0.2, 0.25) is 0 Å². The van der Waals surface area contributed by atoms with Crippen molar-refractivity contribution >= 4 is 32.9 Å². The van der Waals surface area contributed by atoms with Gasteiger partial charge in [-0.15, -0.1) is 0 Å². The van der Waals surface area contributed by atoms with Crippen LogP contribution in [0, 0.1) is 10.7 Å². The van der Waals surface area contributed by atoms with E-state index in [0.717, 1.165) is 41.7 Å². The average molecular weight is 396 g/mol. The molecule has 136 valence electrons. The smallest absolute Gasteiger partial charge is 0.120 e. The number of rotatable bonds is 6. The molecule has 1 aromatic carbocycles. The maximum absolute atomic E-state index is 10.3. The van der Waals surface area contributed by atoms with E-state index in [4.69, 9.17) is 12.2 Å². The fourth-order valence-electron chi connectivity index (χ4n) is 3.58. The summed E-state index contributed by atoms with van der Waals surface area (Å²) in [5, 5.41) is 19.6. The number of benzene rings is 1. The van der Waals surface area contributed by atoms with Crippen molar-refractivity contribution in [2.24, 2.45) is 0 Å². The van der Waals surface area contributed by atoms with Crippen molar-refractivity contribution in [3.8, 4) is 5.75 Å². The molecule has 0 bridgehead atoms.